The van der Waals surface area contributed by atoms with Crippen molar-refractivity contribution >= 4 is 11.0 Å². The Morgan fingerprint density at radius 3 is 2.17 bits per heavy atom. The first-order valence-corrected chi connectivity index (χ1v) is 10.2. The maximum absolute atomic E-state index is 4.90. The molecule has 0 unspecified atom stereocenters. The molecule has 0 atom stereocenters. The third-order valence-electron chi connectivity index (χ3n) is 4.79. The number of hydrogen-bond donors (Lipinski definition) is 0. The summed E-state index contributed by atoms with van der Waals surface area (Å²) in [5.74, 6) is 1.94. The van der Waals surface area contributed by atoms with E-state index >= 15 is 0 Å². The largest absolute Gasteiger partial charge is 0.328 e. The van der Waals surface area contributed by atoms with Crippen molar-refractivity contribution < 1.29 is 0 Å². The summed E-state index contributed by atoms with van der Waals surface area (Å²) in [6, 6.07) is 8.58. The quantitative estimate of drug-likeness (QED) is 0.393. The number of aryl methyl sites for hydroxylation is 1. The van der Waals surface area contributed by atoms with E-state index in [0.717, 1.165) is 18.5 Å². The molecule has 2 aromatic rings. The van der Waals surface area contributed by atoms with Crippen LogP contribution in [0.15, 0.2) is 24.3 Å². The molecule has 1 heterocycles. The van der Waals surface area contributed by atoms with Crippen LogP contribution in [-0.4, -0.2) is 9.55 Å². The van der Waals surface area contributed by atoms with Crippen LogP contribution in [0, 0.1) is 5.92 Å². The number of aromatic nitrogens is 2. The fourth-order valence-corrected chi connectivity index (χ4v) is 3.48. The summed E-state index contributed by atoms with van der Waals surface area (Å²) >= 11 is 0. The SMILES string of the molecule is CCCCCCCCCCCc1nc2ccccc2n1CC(C)C. The number of rotatable bonds is 12. The van der Waals surface area contributed by atoms with Gasteiger partial charge in [-0.15, -0.1) is 0 Å². The molecule has 134 valence electrons. The lowest BCUT2D eigenvalue weighted by Crippen LogP contribution is -2.08. The van der Waals surface area contributed by atoms with Crippen molar-refractivity contribution in [3.05, 3.63) is 30.1 Å². The van der Waals surface area contributed by atoms with Crippen molar-refractivity contribution in [3.8, 4) is 0 Å². The van der Waals surface area contributed by atoms with Gasteiger partial charge in [-0.2, -0.15) is 0 Å². The van der Waals surface area contributed by atoms with E-state index in [1.54, 1.807) is 0 Å². The van der Waals surface area contributed by atoms with E-state index in [1.807, 2.05) is 0 Å². The molecular formula is C22H36N2. The first kappa shape index (κ1) is 19.0. The molecule has 0 aliphatic rings. The van der Waals surface area contributed by atoms with E-state index in [2.05, 4.69) is 49.6 Å². The molecule has 0 aliphatic carbocycles. The van der Waals surface area contributed by atoms with E-state index in [1.165, 1.54) is 69.1 Å². The predicted molar refractivity (Wildman–Crippen MR) is 106 cm³/mol. The van der Waals surface area contributed by atoms with Crippen molar-refractivity contribution in [2.45, 2.75) is 91.5 Å². The number of unbranched alkanes of at least 4 members (excludes halogenated alkanes) is 8. The third kappa shape index (κ3) is 5.96. The summed E-state index contributed by atoms with van der Waals surface area (Å²) in [5, 5.41) is 0. The van der Waals surface area contributed by atoms with Crippen molar-refractivity contribution in [1.82, 2.24) is 9.55 Å². The first-order valence-electron chi connectivity index (χ1n) is 10.2. The monoisotopic (exact) mass is 328 g/mol. The lowest BCUT2D eigenvalue weighted by atomic mass is 10.1. The predicted octanol–water partition coefficient (Wildman–Crippen LogP) is 6.77. The number of para-hydroxylation sites is 2. The van der Waals surface area contributed by atoms with E-state index in [4.69, 9.17) is 4.98 Å². The number of imidazole rings is 1. The molecule has 0 saturated heterocycles. The molecule has 2 heteroatoms. The summed E-state index contributed by atoms with van der Waals surface area (Å²) < 4.78 is 2.45. The van der Waals surface area contributed by atoms with Gasteiger partial charge >= 0.3 is 0 Å². The van der Waals surface area contributed by atoms with E-state index in [-0.39, 0.29) is 0 Å². The maximum atomic E-state index is 4.90. The van der Waals surface area contributed by atoms with E-state index in [9.17, 15) is 0 Å². The van der Waals surface area contributed by atoms with Gasteiger partial charge in [-0.1, -0.05) is 84.3 Å². The van der Waals surface area contributed by atoms with Crippen LogP contribution in [0.25, 0.3) is 11.0 Å². The molecule has 0 saturated carbocycles. The van der Waals surface area contributed by atoms with Gasteiger partial charge in [0.05, 0.1) is 11.0 Å². The zero-order valence-electron chi connectivity index (χ0n) is 16.1. The van der Waals surface area contributed by atoms with Crippen molar-refractivity contribution in [2.75, 3.05) is 0 Å². The van der Waals surface area contributed by atoms with Crippen LogP contribution >= 0.6 is 0 Å². The molecule has 0 bridgehead atoms. The molecule has 0 N–H and O–H groups in total. The summed E-state index contributed by atoms with van der Waals surface area (Å²) in [4.78, 5) is 4.90. The van der Waals surface area contributed by atoms with Gasteiger partial charge in [0.1, 0.15) is 5.82 Å². The fraction of sp³-hybridized carbons (Fsp3) is 0.682. The molecule has 0 amide bonds. The number of hydrogen-bond acceptors (Lipinski definition) is 1. The zero-order chi connectivity index (χ0) is 17.2. The molecule has 0 fully saturated rings. The Labute approximate surface area is 148 Å². The maximum Gasteiger partial charge on any atom is 0.109 e. The molecule has 2 nitrogen and oxygen atoms in total. The van der Waals surface area contributed by atoms with Crippen LogP contribution in [0.3, 0.4) is 0 Å². The molecule has 1 aromatic heterocycles. The van der Waals surface area contributed by atoms with Crippen molar-refractivity contribution in [3.63, 3.8) is 0 Å². The van der Waals surface area contributed by atoms with Crippen LogP contribution < -0.4 is 0 Å². The van der Waals surface area contributed by atoms with Gasteiger partial charge in [0, 0.05) is 13.0 Å². The van der Waals surface area contributed by atoms with Crippen molar-refractivity contribution in [2.24, 2.45) is 5.92 Å². The molecule has 0 spiro atoms. The Balaban J connectivity index is 1.78. The van der Waals surface area contributed by atoms with Gasteiger partial charge in [0.15, 0.2) is 0 Å². The van der Waals surface area contributed by atoms with E-state index in [0.29, 0.717) is 5.92 Å². The normalized spacial score (nSPS) is 11.7. The van der Waals surface area contributed by atoms with Gasteiger partial charge in [-0.25, -0.2) is 4.98 Å². The third-order valence-corrected chi connectivity index (χ3v) is 4.79. The molecule has 24 heavy (non-hydrogen) atoms. The van der Waals surface area contributed by atoms with Crippen LogP contribution in [0.1, 0.15) is 84.4 Å². The fourth-order valence-electron chi connectivity index (χ4n) is 3.48. The highest BCUT2D eigenvalue weighted by Crippen LogP contribution is 2.20. The van der Waals surface area contributed by atoms with Gasteiger partial charge in [-0.3, -0.25) is 0 Å². The van der Waals surface area contributed by atoms with Crippen LogP contribution in [0.4, 0.5) is 0 Å². The molecule has 0 aliphatic heterocycles. The molecule has 0 radical (unpaired) electrons. The second-order valence-corrected chi connectivity index (χ2v) is 7.60. The topological polar surface area (TPSA) is 17.8 Å². The minimum absolute atomic E-state index is 0.657. The second kappa shape index (κ2) is 10.5. The van der Waals surface area contributed by atoms with Gasteiger partial charge in [0.25, 0.3) is 0 Å². The van der Waals surface area contributed by atoms with Crippen LogP contribution in [0.5, 0.6) is 0 Å². The lowest BCUT2D eigenvalue weighted by molar-refractivity contribution is 0.507. The Morgan fingerprint density at radius 1 is 0.875 bits per heavy atom. The highest BCUT2D eigenvalue weighted by atomic mass is 15.1. The average molecular weight is 329 g/mol. The Hall–Kier alpha value is -1.31. The standard InChI is InChI=1S/C22H36N2/c1-4-5-6-7-8-9-10-11-12-17-22-23-20-15-13-14-16-21(20)24(22)18-19(2)3/h13-16,19H,4-12,17-18H2,1-3H3. The van der Waals surface area contributed by atoms with Gasteiger partial charge in [0.2, 0.25) is 0 Å². The zero-order valence-corrected chi connectivity index (χ0v) is 16.1. The summed E-state index contributed by atoms with van der Waals surface area (Å²) in [7, 11) is 0. The average Bonchev–Trinajstić information content (AvgIpc) is 2.91. The minimum Gasteiger partial charge on any atom is -0.328 e. The minimum atomic E-state index is 0.657. The smallest absolute Gasteiger partial charge is 0.109 e. The molecule has 2 rings (SSSR count). The summed E-state index contributed by atoms with van der Waals surface area (Å²) in [5.41, 5.74) is 2.46. The number of nitrogens with zero attached hydrogens (tertiary/aromatic N) is 2. The molecule has 1 aromatic carbocycles. The highest BCUT2D eigenvalue weighted by Gasteiger charge is 2.11. The van der Waals surface area contributed by atoms with Crippen molar-refractivity contribution in [1.29, 1.82) is 0 Å². The second-order valence-electron chi connectivity index (χ2n) is 7.60. The highest BCUT2D eigenvalue weighted by molar-refractivity contribution is 5.75. The van der Waals surface area contributed by atoms with Crippen LogP contribution in [0.2, 0.25) is 0 Å². The van der Waals surface area contributed by atoms with Crippen LogP contribution in [-0.2, 0) is 13.0 Å². The summed E-state index contributed by atoms with van der Waals surface area (Å²) in [6.07, 6.45) is 13.6. The van der Waals surface area contributed by atoms with Gasteiger partial charge < -0.3 is 4.57 Å². The number of benzene rings is 1. The number of fused-ring (bicyclic) bond motifs is 1. The lowest BCUT2D eigenvalue weighted by Gasteiger charge is -2.11. The Morgan fingerprint density at radius 2 is 1.50 bits per heavy atom. The Bertz CT molecular complexity index is 583. The first-order chi connectivity index (χ1) is 11.7. The summed E-state index contributed by atoms with van der Waals surface area (Å²) in [6.45, 7) is 7.94. The van der Waals surface area contributed by atoms with E-state index < -0.39 is 0 Å². The van der Waals surface area contributed by atoms with Gasteiger partial charge in [-0.05, 0) is 24.5 Å². The Kier molecular flexibility index (Phi) is 8.35. The molecular weight excluding hydrogens is 292 g/mol.